The molecular weight excluding hydrogens is 310 g/mol. The lowest BCUT2D eigenvalue weighted by molar-refractivity contribution is -0.142. The number of nitrogens with zero attached hydrogens (tertiary/aromatic N) is 1. The first-order valence-electron chi connectivity index (χ1n) is 8.34. The molecule has 0 radical (unpaired) electrons. The summed E-state index contributed by atoms with van der Waals surface area (Å²) >= 11 is 0. The molecule has 1 heterocycles. The van der Waals surface area contributed by atoms with E-state index in [1.54, 1.807) is 12.0 Å². The molecule has 3 rings (SSSR count). The van der Waals surface area contributed by atoms with Crippen LogP contribution in [0.15, 0.2) is 24.3 Å². The van der Waals surface area contributed by atoms with Crippen LogP contribution in [0, 0.1) is 11.8 Å². The molecule has 0 aromatic heterocycles. The number of benzene rings is 1. The van der Waals surface area contributed by atoms with Gasteiger partial charge in [-0.2, -0.15) is 0 Å². The van der Waals surface area contributed by atoms with Crippen LogP contribution in [0.3, 0.4) is 0 Å². The zero-order valence-corrected chi connectivity index (χ0v) is 13.8. The van der Waals surface area contributed by atoms with Crippen LogP contribution in [0.25, 0.3) is 0 Å². The highest BCUT2D eigenvalue weighted by atomic mass is 16.5. The second-order valence-electron chi connectivity index (χ2n) is 6.49. The average Bonchev–Trinajstić information content (AvgIpc) is 3.23. The summed E-state index contributed by atoms with van der Waals surface area (Å²) in [5.74, 6) is -1.15. The molecule has 1 saturated heterocycles. The van der Waals surface area contributed by atoms with Gasteiger partial charge >= 0.3 is 5.97 Å². The molecule has 1 aliphatic carbocycles. The predicted octanol–water partition coefficient (Wildman–Crippen LogP) is 1.92. The van der Waals surface area contributed by atoms with E-state index in [1.165, 1.54) is 0 Å². The van der Waals surface area contributed by atoms with Crippen LogP contribution in [-0.4, -0.2) is 48.2 Å². The highest BCUT2D eigenvalue weighted by Gasteiger charge is 2.50. The fourth-order valence-electron chi connectivity index (χ4n) is 3.23. The van der Waals surface area contributed by atoms with E-state index in [-0.39, 0.29) is 12.0 Å². The summed E-state index contributed by atoms with van der Waals surface area (Å²) in [7, 11) is 1.61. The van der Waals surface area contributed by atoms with Gasteiger partial charge < -0.3 is 19.5 Å². The first-order valence-corrected chi connectivity index (χ1v) is 8.34. The average molecular weight is 333 g/mol. The summed E-state index contributed by atoms with van der Waals surface area (Å²) in [5, 5.41) is 9.08. The predicted molar refractivity (Wildman–Crippen MR) is 86.6 cm³/mol. The van der Waals surface area contributed by atoms with E-state index >= 15 is 0 Å². The monoisotopic (exact) mass is 333 g/mol. The number of carboxylic acids is 1. The van der Waals surface area contributed by atoms with Gasteiger partial charge in [-0.05, 0) is 37.0 Å². The van der Waals surface area contributed by atoms with Crippen molar-refractivity contribution in [2.75, 3.05) is 20.3 Å². The normalized spacial score (nSPS) is 25.3. The van der Waals surface area contributed by atoms with Gasteiger partial charge in [0.25, 0.3) is 0 Å². The molecule has 2 aliphatic rings. The number of hydrogen-bond acceptors (Lipinski definition) is 4. The van der Waals surface area contributed by atoms with E-state index in [2.05, 4.69) is 0 Å². The number of methoxy groups -OCH3 is 1. The quantitative estimate of drug-likeness (QED) is 0.825. The van der Waals surface area contributed by atoms with E-state index in [0.29, 0.717) is 19.5 Å². The lowest BCUT2D eigenvalue weighted by Crippen LogP contribution is -2.38. The van der Waals surface area contributed by atoms with Crippen LogP contribution in [0.5, 0.6) is 5.75 Å². The number of aliphatic carboxylic acids is 1. The molecule has 1 aromatic rings. The Bertz CT molecular complexity index is 611. The Kier molecular flexibility index (Phi) is 5.04. The number of rotatable bonds is 7. The summed E-state index contributed by atoms with van der Waals surface area (Å²) in [6.45, 7) is 1.69. The molecule has 3 atom stereocenters. The van der Waals surface area contributed by atoms with Crippen molar-refractivity contribution in [3.05, 3.63) is 29.8 Å². The third-order valence-corrected chi connectivity index (χ3v) is 4.69. The lowest BCUT2D eigenvalue weighted by Gasteiger charge is -2.26. The standard InChI is InChI=1S/C18H23NO5/c1-23-13-5-2-4-12(8-13)10-19(11-14-6-3-7-24-14)17(20)15-9-16(15)18(21)22/h2,4-5,8,14-16H,3,6-7,9-11H2,1H3,(H,21,22). The molecule has 2 fully saturated rings. The summed E-state index contributed by atoms with van der Waals surface area (Å²) in [5.41, 5.74) is 0.966. The van der Waals surface area contributed by atoms with Crippen LogP contribution < -0.4 is 4.74 Å². The Morgan fingerprint density at radius 3 is 2.83 bits per heavy atom. The molecule has 1 aromatic carbocycles. The first kappa shape index (κ1) is 16.8. The number of carbonyl (C=O) groups excluding carboxylic acids is 1. The fourth-order valence-corrected chi connectivity index (χ4v) is 3.23. The third kappa shape index (κ3) is 3.87. The second-order valence-corrected chi connectivity index (χ2v) is 6.49. The van der Waals surface area contributed by atoms with E-state index in [9.17, 15) is 9.59 Å². The fraction of sp³-hybridized carbons (Fsp3) is 0.556. The zero-order chi connectivity index (χ0) is 17.1. The number of carboxylic acid groups (broad SMARTS) is 1. The van der Waals surface area contributed by atoms with Crippen molar-refractivity contribution < 1.29 is 24.2 Å². The topological polar surface area (TPSA) is 76.1 Å². The van der Waals surface area contributed by atoms with Gasteiger partial charge in [-0.15, -0.1) is 0 Å². The summed E-state index contributed by atoms with van der Waals surface area (Å²) in [4.78, 5) is 25.6. The van der Waals surface area contributed by atoms with Crippen LogP contribution in [0.4, 0.5) is 0 Å². The Hall–Kier alpha value is -2.08. The Morgan fingerprint density at radius 1 is 1.38 bits per heavy atom. The highest BCUT2D eigenvalue weighted by molar-refractivity contribution is 5.89. The Morgan fingerprint density at radius 2 is 2.21 bits per heavy atom. The molecule has 0 bridgehead atoms. The molecule has 1 saturated carbocycles. The molecule has 1 aliphatic heterocycles. The maximum atomic E-state index is 12.7. The molecule has 1 amide bonds. The van der Waals surface area contributed by atoms with Gasteiger partial charge in [-0.25, -0.2) is 0 Å². The third-order valence-electron chi connectivity index (χ3n) is 4.69. The van der Waals surface area contributed by atoms with Crippen molar-refractivity contribution in [1.82, 2.24) is 4.90 Å². The van der Waals surface area contributed by atoms with Crippen LogP contribution >= 0.6 is 0 Å². The zero-order valence-electron chi connectivity index (χ0n) is 13.8. The Balaban J connectivity index is 1.71. The van der Waals surface area contributed by atoms with Gasteiger partial charge in [0, 0.05) is 19.7 Å². The van der Waals surface area contributed by atoms with Gasteiger partial charge in [-0.3, -0.25) is 9.59 Å². The minimum atomic E-state index is -0.883. The SMILES string of the molecule is COc1cccc(CN(CC2CCCO2)C(=O)C2CC2C(=O)O)c1. The number of carbonyl (C=O) groups is 2. The van der Waals surface area contributed by atoms with Crippen molar-refractivity contribution in [2.24, 2.45) is 11.8 Å². The molecule has 6 nitrogen and oxygen atoms in total. The van der Waals surface area contributed by atoms with Crippen molar-refractivity contribution >= 4 is 11.9 Å². The van der Waals surface area contributed by atoms with Crippen molar-refractivity contribution in [2.45, 2.75) is 31.9 Å². The summed E-state index contributed by atoms with van der Waals surface area (Å²) in [6, 6.07) is 7.59. The summed E-state index contributed by atoms with van der Waals surface area (Å²) in [6.07, 6.45) is 2.43. The largest absolute Gasteiger partial charge is 0.497 e. The molecule has 0 spiro atoms. The van der Waals surface area contributed by atoms with Gasteiger partial charge in [0.2, 0.25) is 5.91 Å². The van der Waals surface area contributed by atoms with Crippen molar-refractivity contribution in [3.8, 4) is 5.75 Å². The minimum Gasteiger partial charge on any atom is -0.497 e. The van der Waals surface area contributed by atoms with Gasteiger partial charge in [0.05, 0.1) is 25.0 Å². The van der Waals surface area contributed by atoms with Crippen LogP contribution in [-0.2, 0) is 20.9 Å². The molecule has 6 heteroatoms. The molecule has 1 N–H and O–H groups in total. The van der Waals surface area contributed by atoms with Crippen molar-refractivity contribution in [1.29, 1.82) is 0 Å². The van der Waals surface area contributed by atoms with Crippen LogP contribution in [0.1, 0.15) is 24.8 Å². The van der Waals surface area contributed by atoms with Gasteiger partial charge in [0.15, 0.2) is 0 Å². The maximum absolute atomic E-state index is 12.7. The van der Waals surface area contributed by atoms with E-state index in [4.69, 9.17) is 14.6 Å². The molecule has 3 unspecified atom stereocenters. The van der Waals surface area contributed by atoms with E-state index in [0.717, 1.165) is 30.8 Å². The highest BCUT2D eigenvalue weighted by Crippen LogP contribution is 2.40. The minimum absolute atomic E-state index is 0.0431. The maximum Gasteiger partial charge on any atom is 0.307 e. The molecule has 130 valence electrons. The van der Waals surface area contributed by atoms with E-state index < -0.39 is 17.8 Å². The number of hydrogen-bond donors (Lipinski definition) is 1. The van der Waals surface area contributed by atoms with E-state index in [1.807, 2.05) is 24.3 Å². The lowest BCUT2D eigenvalue weighted by atomic mass is 10.1. The van der Waals surface area contributed by atoms with Crippen LogP contribution in [0.2, 0.25) is 0 Å². The van der Waals surface area contributed by atoms with Gasteiger partial charge in [-0.1, -0.05) is 12.1 Å². The smallest absolute Gasteiger partial charge is 0.307 e. The molecular formula is C18H23NO5. The molecule has 24 heavy (non-hydrogen) atoms. The van der Waals surface area contributed by atoms with Gasteiger partial charge in [0.1, 0.15) is 5.75 Å². The number of amides is 1. The first-order chi connectivity index (χ1) is 11.6. The summed E-state index contributed by atoms with van der Waals surface area (Å²) < 4.78 is 10.9. The Labute approximate surface area is 141 Å². The number of ether oxygens (including phenoxy) is 2. The van der Waals surface area contributed by atoms with Crippen molar-refractivity contribution in [3.63, 3.8) is 0 Å². The second kappa shape index (κ2) is 7.21.